The van der Waals surface area contributed by atoms with Gasteiger partial charge in [0.05, 0.1) is 19.8 Å². The molecule has 3 fully saturated rings. The number of pyridine rings is 1. The topological polar surface area (TPSA) is 100 Å². The van der Waals surface area contributed by atoms with Crippen molar-refractivity contribution in [2.75, 3.05) is 39.2 Å². The zero-order valence-electron chi connectivity index (χ0n) is 26.8. The Labute approximate surface area is 290 Å². The Morgan fingerprint density at radius 3 is 2.21 bits per heavy atom. The zero-order valence-corrected chi connectivity index (χ0v) is 28.3. The first kappa shape index (κ1) is 33.6. The second-order valence-electron chi connectivity index (χ2n) is 12.0. The quantitative estimate of drug-likeness (QED) is 0.163. The molecule has 4 aromatic rings. The van der Waals surface area contributed by atoms with Gasteiger partial charge in [0, 0.05) is 24.2 Å². The van der Waals surface area contributed by atoms with E-state index < -0.39 is 18.1 Å². The van der Waals surface area contributed by atoms with Crippen molar-refractivity contribution in [2.45, 2.75) is 37.5 Å². The number of esters is 2. The van der Waals surface area contributed by atoms with E-state index in [0.717, 1.165) is 38.0 Å². The van der Waals surface area contributed by atoms with Gasteiger partial charge >= 0.3 is 11.9 Å². The predicted molar refractivity (Wildman–Crippen MR) is 183 cm³/mol. The van der Waals surface area contributed by atoms with Crippen LogP contribution in [0, 0.1) is 5.92 Å². The molecular formula is C37H38Cl2N3O6+. The van der Waals surface area contributed by atoms with Gasteiger partial charge in [-0.3, -0.25) is 4.90 Å². The Hall–Kier alpha value is -4.31. The smallest absolute Gasteiger partial charge is 0.338 e. The van der Waals surface area contributed by atoms with Crippen LogP contribution >= 0.6 is 23.2 Å². The third kappa shape index (κ3) is 7.70. The summed E-state index contributed by atoms with van der Waals surface area (Å²) >= 11 is 12.9. The summed E-state index contributed by atoms with van der Waals surface area (Å²) in [6.07, 6.45) is 4.70. The van der Waals surface area contributed by atoms with Crippen molar-refractivity contribution < 1.29 is 33.5 Å². The molecule has 9 nitrogen and oxygen atoms in total. The van der Waals surface area contributed by atoms with Crippen molar-refractivity contribution in [2.24, 2.45) is 5.92 Å². The second-order valence-corrected chi connectivity index (χ2v) is 12.8. The Bertz CT molecular complexity index is 1710. The van der Waals surface area contributed by atoms with Crippen LogP contribution in [0.4, 0.5) is 5.69 Å². The van der Waals surface area contributed by atoms with Gasteiger partial charge in [-0.25, -0.2) is 14.6 Å². The standard InChI is InChI=1S/C37H37Cl2N3O6/c1-45-31-13-10-26(18-33(31)46-2)32(19-28-29(38)20-40-21-30(28)39)47-36(43)25-8-11-27(12-9-25)41-35(24-6-4-3-5-7-24)37(44)48-34-22-42-16-14-23(34)15-17-42/h3-13,18,20-21,23,32,34-35,41H,14-17,19,22H2,1-2H3/p+1/t32-,34-,35?/m0/s1. The third-order valence-corrected chi connectivity index (χ3v) is 9.75. The molecule has 2 N–H and O–H groups in total. The summed E-state index contributed by atoms with van der Waals surface area (Å²) in [5, 5.41) is 4.16. The first-order valence-corrected chi connectivity index (χ1v) is 16.7. The number of aromatic nitrogens is 1. The van der Waals surface area contributed by atoms with Gasteiger partial charge in [-0.05, 0) is 79.4 Å². The van der Waals surface area contributed by atoms with Crippen LogP contribution in [0.2, 0.25) is 10.0 Å². The van der Waals surface area contributed by atoms with Crippen molar-refractivity contribution in [1.82, 2.24) is 4.90 Å². The summed E-state index contributed by atoms with van der Waals surface area (Å²) < 4.78 is 23.1. The van der Waals surface area contributed by atoms with Crippen LogP contribution in [-0.4, -0.2) is 56.8 Å². The van der Waals surface area contributed by atoms with Crippen LogP contribution in [-0.2, 0) is 20.7 Å². The minimum atomic E-state index is -0.754. The molecule has 3 aliphatic heterocycles. The van der Waals surface area contributed by atoms with Crippen LogP contribution in [0.5, 0.6) is 11.5 Å². The largest absolute Gasteiger partial charge is 0.493 e. The second kappa shape index (κ2) is 15.3. The van der Waals surface area contributed by atoms with Gasteiger partial charge in [0.1, 0.15) is 22.3 Å². The average molecular weight is 692 g/mol. The lowest BCUT2D eigenvalue weighted by molar-refractivity contribution is -0.377. The molecule has 3 atom stereocenters. The van der Waals surface area contributed by atoms with Gasteiger partial charge in [0.25, 0.3) is 0 Å². The van der Waals surface area contributed by atoms with Gasteiger partial charge in [-0.15, -0.1) is 0 Å². The molecule has 0 amide bonds. The Balaban J connectivity index is 1.20. The summed E-state index contributed by atoms with van der Waals surface area (Å²) in [5.41, 5.74) is 3.08. The van der Waals surface area contributed by atoms with Gasteiger partial charge in [-0.1, -0.05) is 59.6 Å². The normalized spacial score (nSPS) is 19.5. The highest BCUT2D eigenvalue weighted by molar-refractivity contribution is 6.35. The Morgan fingerprint density at radius 2 is 1.58 bits per heavy atom. The maximum absolute atomic E-state index is 13.6. The molecule has 7 rings (SSSR count). The molecule has 1 aromatic heterocycles. The monoisotopic (exact) mass is 690 g/mol. The molecule has 3 aromatic carbocycles. The Kier molecular flexibility index (Phi) is 10.7. The Morgan fingerprint density at radius 1 is 0.896 bits per heavy atom. The number of carbonyl (C=O) groups excluding carboxylic acids is 2. The minimum Gasteiger partial charge on any atom is -0.493 e. The van der Waals surface area contributed by atoms with E-state index in [4.69, 9.17) is 42.1 Å². The number of fused-ring (bicyclic) bond motifs is 3. The van der Waals surface area contributed by atoms with E-state index in [1.165, 1.54) is 0 Å². The maximum atomic E-state index is 13.6. The number of nitrogens with one attached hydrogen (secondary N) is 2. The highest BCUT2D eigenvalue weighted by Gasteiger charge is 2.38. The number of ether oxygens (including phenoxy) is 4. The molecule has 2 bridgehead atoms. The molecular weight excluding hydrogens is 653 g/mol. The molecule has 250 valence electrons. The van der Waals surface area contributed by atoms with Crippen LogP contribution in [0.15, 0.2) is 85.2 Å². The number of methoxy groups -OCH3 is 2. The van der Waals surface area contributed by atoms with Crippen molar-refractivity contribution in [3.63, 3.8) is 0 Å². The molecule has 0 radical (unpaired) electrons. The van der Waals surface area contributed by atoms with E-state index in [1.54, 1.807) is 63.0 Å². The molecule has 4 heterocycles. The van der Waals surface area contributed by atoms with Gasteiger partial charge in [-0.2, -0.15) is 0 Å². The van der Waals surface area contributed by atoms with Crippen LogP contribution in [0.3, 0.4) is 0 Å². The summed E-state index contributed by atoms with van der Waals surface area (Å²) in [5.74, 6) is 0.566. The zero-order chi connectivity index (χ0) is 33.6. The molecule has 3 aliphatic rings. The number of benzene rings is 3. The van der Waals surface area contributed by atoms with E-state index in [1.807, 2.05) is 36.4 Å². The van der Waals surface area contributed by atoms with Gasteiger partial charge in [0.2, 0.25) is 0 Å². The van der Waals surface area contributed by atoms with E-state index in [2.05, 4.69) is 15.2 Å². The van der Waals surface area contributed by atoms with Crippen molar-refractivity contribution in [3.8, 4) is 11.5 Å². The highest BCUT2D eigenvalue weighted by Crippen LogP contribution is 2.36. The third-order valence-electron chi connectivity index (χ3n) is 9.08. The molecule has 1 unspecified atom stereocenters. The molecule has 3 saturated heterocycles. The molecule has 11 heteroatoms. The number of carbonyl (C=O) groups is 2. The fourth-order valence-corrected chi connectivity index (χ4v) is 6.92. The fraction of sp³-hybridized carbons (Fsp3) is 0.324. The highest BCUT2D eigenvalue weighted by atomic mass is 35.5. The van der Waals surface area contributed by atoms with Crippen LogP contribution in [0.1, 0.15) is 52.0 Å². The van der Waals surface area contributed by atoms with Crippen molar-refractivity contribution >= 4 is 40.8 Å². The van der Waals surface area contributed by atoms with Crippen molar-refractivity contribution in [3.05, 3.63) is 117 Å². The van der Waals surface area contributed by atoms with Gasteiger partial charge < -0.3 is 24.3 Å². The van der Waals surface area contributed by atoms with E-state index in [-0.39, 0.29) is 18.5 Å². The van der Waals surface area contributed by atoms with E-state index in [0.29, 0.717) is 49.8 Å². The lowest BCUT2D eigenvalue weighted by atomic mass is 9.86. The number of nitrogens with zero attached hydrogens (tertiary/aromatic N) is 1. The summed E-state index contributed by atoms with van der Waals surface area (Å²) in [6, 6.07) is 20.9. The first-order chi connectivity index (χ1) is 23.3. The van der Waals surface area contributed by atoms with Crippen LogP contribution < -0.4 is 19.8 Å². The number of H-pyrrole nitrogens is 1. The lowest BCUT2D eigenvalue weighted by Crippen LogP contribution is -2.52. The summed E-state index contributed by atoms with van der Waals surface area (Å²) in [6.45, 7) is 2.91. The fourth-order valence-electron chi connectivity index (χ4n) is 6.39. The number of piperidine rings is 3. The first-order valence-electron chi connectivity index (χ1n) is 15.9. The molecule has 0 saturated carbocycles. The maximum Gasteiger partial charge on any atom is 0.338 e. The van der Waals surface area contributed by atoms with E-state index >= 15 is 0 Å². The summed E-state index contributed by atoms with van der Waals surface area (Å²) in [7, 11) is 3.09. The number of hydrogen-bond donors (Lipinski definition) is 1. The number of hydrogen-bond acceptors (Lipinski definition) is 8. The molecule has 48 heavy (non-hydrogen) atoms. The molecule has 0 spiro atoms. The van der Waals surface area contributed by atoms with E-state index in [9.17, 15) is 9.59 Å². The SMILES string of the molecule is COc1ccc([C@H](Cc2c(Cl)c[nH+]cc2Cl)OC(=O)c2ccc(NC(C(=O)O[C@H]3CN4CCC3CC4)c3ccccc3)cc2)cc1OC. The van der Waals surface area contributed by atoms with Crippen molar-refractivity contribution in [1.29, 1.82) is 0 Å². The average Bonchev–Trinajstić information content (AvgIpc) is 3.12. The lowest BCUT2D eigenvalue weighted by Gasteiger charge is -2.44. The predicted octanol–water partition coefficient (Wildman–Crippen LogP) is 6.76. The minimum absolute atomic E-state index is 0.109. The molecule has 0 aliphatic carbocycles. The number of aromatic amines is 1. The number of halogens is 2. The summed E-state index contributed by atoms with van der Waals surface area (Å²) in [4.78, 5) is 32.4. The van der Waals surface area contributed by atoms with Crippen LogP contribution in [0.25, 0.3) is 0 Å². The number of anilines is 1. The van der Waals surface area contributed by atoms with Gasteiger partial charge in [0.15, 0.2) is 29.9 Å². The number of rotatable bonds is 12.